The summed E-state index contributed by atoms with van der Waals surface area (Å²) in [5, 5.41) is 0. The molecule has 38 heavy (non-hydrogen) atoms. The molecule has 3 aliphatic rings. The number of fused-ring (bicyclic) bond motifs is 1. The van der Waals surface area contributed by atoms with Crippen LogP contribution in [0.2, 0.25) is 0 Å². The number of ether oxygens (including phenoxy) is 2. The van der Waals surface area contributed by atoms with E-state index in [9.17, 15) is 19.4 Å². The van der Waals surface area contributed by atoms with Crippen molar-refractivity contribution in [2.75, 3.05) is 12.5 Å². The van der Waals surface area contributed by atoms with Gasteiger partial charge in [-0.05, 0) is 60.8 Å². The van der Waals surface area contributed by atoms with E-state index in [1.165, 1.54) is 0 Å². The van der Waals surface area contributed by atoms with Crippen LogP contribution in [0, 0.1) is 19.8 Å². The molecule has 0 amide bonds. The molecule has 1 aliphatic heterocycles. The van der Waals surface area contributed by atoms with E-state index >= 15 is 0 Å². The molecule has 3 N–H and O–H groups in total. The highest BCUT2D eigenvalue weighted by atomic mass is 31.2. The standard InChI is InChI=1S/C26H44N2O8P2/c1-17-18(2)28(23(30)27-22(17)29)21-14-19(25(5)26(21,6)36-24(3,4)35-25)15-33-37(7,31)16-38(8,32)34-20-12-10-9-11-13-20/h19-21,31-32H,7-16H2,1-6H3,(H,27,29,30). The first-order valence-electron chi connectivity index (χ1n) is 13.4. The molecular weight excluding hydrogens is 530 g/mol. The van der Waals surface area contributed by atoms with Gasteiger partial charge in [-0.2, -0.15) is 0 Å². The Bertz CT molecular complexity index is 1280. The van der Waals surface area contributed by atoms with Gasteiger partial charge < -0.3 is 28.3 Å². The largest absolute Gasteiger partial charge is 0.353 e. The summed E-state index contributed by atoms with van der Waals surface area (Å²) in [5.41, 5.74) is -1.71. The van der Waals surface area contributed by atoms with Crippen LogP contribution in [0.15, 0.2) is 9.59 Å². The van der Waals surface area contributed by atoms with Crippen LogP contribution < -0.4 is 11.2 Å². The average molecular weight is 575 g/mol. The molecule has 2 heterocycles. The molecule has 6 unspecified atom stereocenters. The van der Waals surface area contributed by atoms with E-state index in [-0.39, 0.29) is 24.5 Å². The number of hydrogen-bond acceptors (Lipinski definition) is 8. The number of rotatable bonds is 8. The van der Waals surface area contributed by atoms with Crippen molar-refractivity contribution >= 4 is 27.3 Å². The van der Waals surface area contributed by atoms with Crippen molar-refractivity contribution in [2.45, 2.75) is 109 Å². The molecule has 1 aromatic rings. The van der Waals surface area contributed by atoms with Gasteiger partial charge >= 0.3 is 5.69 Å². The zero-order chi connectivity index (χ0) is 28.3. The lowest BCUT2D eigenvalue weighted by atomic mass is 9.83. The van der Waals surface area contributed by atoms with E-state index in [4.69, 9.17) is 18.5 Å². The quantitative estimate of drug-likeness (QED) is 0.399. The fraction of sp³-hybridized carbons (Fsp3) is 0.769. The number of aromatic amines is 1. The molecule has 1 saturated heterocycles. The Balaban J connectivity index is 1.57. The molecule has 1 aromatic heterocycles. The SMILES string of the molecule is C=P(O)(CP(=C)(O)OC1CCCCC1)OCC1CC(n2c(C)c(C)c(=O)[nH]c2=O)C2(C)OC(C)(C)OC12C. The third kappa shape index (κ3) is 5.61. The van der Waals surface area contributed by atoms with E-state index in [0.29, 0.717) is 17.7 Å². The Morgan fingerprint density at radius 1 is 1.03 bits per heavy atom. The normalized spacial score (nSPS) is 34.5. The molecule has 0 bridgehead atoms. The predicted octanol–water partition coefficient (Wildman–Crippen LogP) is 3.88. The fourth-order valence-corrected chi connectivity index (χ4v) is 11.2. The molecule has 10 nitrogen and oxygen atoms in total. The van der Waals surface area contributed by atoms with Crippen LogP contribution in [0.3, 0.4) is 0 Å². The molecule has 0 aromatic carbocycles. The molecule has 3 fully saturated rings. The summed E-state index contributed by atoms with van der Waals surface area (Å²) in [6, 6.07) is -0.464. The molecule has 2 aliphatic carbocycles. The first kappa shape index (κ1) is 30.0. The van der Waals surface area contributed by atoms with Gasteiger partial charge in [0.1, 0.15) is 25.9 Å². The van der Waals surface area contributed by atoms with Crippen molar-refractivity contribution in [2.24, 2.45) is 5.92 Å². The summed E-state index contributed by atoms with van der Waals surface area (Å²) in [5.74, 6) is -1.35. The lowest BCUT2D eigenvalue weighted by Crippen LogP contribution is -2.52. The first-order valence-corrected chi connectivity index (χ1v) is 17.4. The van der Waals surface area contributed by atoms with Crippen LogP contribution in [0.5, 0.6) is 0 Å². The third-order valence-electron chi connectivity index (χ3n) is 8.68. The van der Waals surface area contributed by atoms with Crippen molar-refractivity contribution in [1.82, 2.24) is 9.55 Å². The summed E-state index contributed by atoms with van der Waals surface area (Å²) in [6.07, 6.45) is 13.2. The minimum atomic E-state index is -3.28. The Morgan fingerprint density at radius 3 is 2.26 bits per heavy atom. The molecule has 0 spiro atoms. The second-order valence-corrected chi connectivity index (χ2v) is 17.1. The van der Waals surface area contributed by atoms with E-state index in [1.54, 1.807) is 18.4 Å². The third-order valence-corrected chi connectivity index (χ3v) is 13.5. The van der Waals surface area contributed by atoms with Crippen molar-refractivity contribution in [1.29, 1.82) is 0 Å². The van der Waals surface area contributed by atoms with Crippen LogP contribution in [0.4, 0.5) is 0 Å². The number of nitrogens with zero attached hydrogens (tertiary/aromatic N) is 1. The number of nitrogens with one attached hydrogen (secondary N) is 1. The highest BCUT2D eigenvalue weighted by Crippen LogP contribution is 2.63. The summed E-state index contributed by atoms with van der Waals surface area (Å²) in [4.78, 5) is 49.7. The maximum Gasteiger partial charge on any atom is 0.328 e. The van der Waals surface area contributed by atoms with Crippen molar-refractivity contribution in [3.8, 4) is 0 Å². The molecule has 216 valence electrons. The second kappa shape index (κ2) is 10.1. The van der Waals surface area contributed by atoms with Crippen molar-refractivity contribution in [3.05, 3.63) is 32.1 Å². The fourth-order valence-electron chi connectivity index (χ4n) is 6.65. The van der Waals surface area contributed by atoms with Gasteiger partial charge in [0.15, 0.2) is 5.79 Å². The van der Waals surface area contributed by atoms with Crippen LogP contribution in [-0.4, -0.2) is 67.5 Å². The molecule has 4 rings (SSSR count). The van der Waals surface area contributed by atoms with E-state index in [0.717, 1.165) is 32.1 Å². The van der Waals surface area contributed by atoms with Crippen LogP contribution in [0.25, 0.3) is 0 Å². The lowest BCUT2D eigenvalue weighted by molar-refractivity contribution is -0.184. The number of H-pyrrole nitrogens is 1. The summed E-state index contributed by atoms with van der Waals surface area (Å²) < 4.78 is 26.5. The Labute approximate surface area is 224 Å². The highest BCUT2D eigenvalue weighted by Gasteiger charge is 2.70. The number of hydrogen-bond donors (Lipinski definition) is 3. The summed E-state index contributed by atoms with van der Waals surface area (Å²) in [7, 11) is -6.40. The van der Waals surface area contributed by atoms with Gasteiger partial charge in [0.2, 0.25) is 0 Å². The molecule has 12 heteroatoms. The zero-order valence-electron chi connectivity index (χ0n) is 23.5. The van der Waals surface area contributed by atoms with Gasteiger partial charge in [0.25, 0.3) is 5.56 Å². The smallest absolute Gasteiger partial charge is 0.328 e. The van der Waals surface area contributed by atoms with Crippen LogP contribution >= 0.6 is 14.7 Å². The lowest BCUT2D eigenvalue weighted by Gasteiger charge is -2.38. The maximum absolute atomic E-state index is 13.0. The van der Waals surface area contributed by atoms with Crippen LogP contribution in [0.1, 0.15) is 83.5 Å². The zero-order valence-corrected chi connectivity index (χ0v) is 25.3. The van der Waals surface area contributed by atoms with Crippen molar-refractivity contribution < 1.29 is 28.3 Å². The van der Waals surface area contributed by atoms with Crippen LogP contribution in [-0.2, 0) is 18.5 Å². The van der Waals surface area contributed by atoms with Crippen molar-refractivity contribution in [3.63, 3.8) is 0 Å². The van der Waals surface area contributed by atoms with Gasteiger partial charge in [0, 0.05) is 17.2 Å². The van der Waals surface area contributed by atoms with Gasteiger partial charge in [-0.1, -0.05) is 31.9 Å². The van der Waals surface area contributed by atoms with Gasteiger partial charge in [0.05, 0.1) is 24.7 Å². The summed E-state index contributed by atoms with van der Waals surface area (Å²) >= 11 is 0. The van der Waals surface area contributed by atoms with E-state index in [1.807, 2.05) is 27.7 Å². The summed E-state index contributed by atoms with van der Waals surface area (Å²) in [6.45, 7) is 11.0. The topological polar surface area (TPSA) is 132 Å². The van der Waals surface area contributed by atoms with Gasteiger partial charge in [-0.3, -0.25) is 14.3 Å². The molecular formula is C26H44N2O8P2. The van der Waals surface area contributed by atoms with Gasteiger partial charge in [-0.25, -0.2) is 4.79 Å². The predicted molar refractivity (Wildman–Crippen MR) is 152 cm³/mol. The molecule has 2 saturated carbocycles. The molecule has 0 radical (unpaired) electrons. The monoisotopic (exact) mass is 574 g/mol. The highest BCUT2D eigenvalue weighted by molar-refractivity contribution is 7.80. The molecule has 6 atom stereocenters. The second-order valence-electron chi connectivity index (χ2n) is 12.1. The minimum absolute atomic E-state index is 0.0524. The Kier molecular flexibility index (Phi) is 8.01. The average Bonchev–Trinajstić information content (AvgIpc) is 3.09. The van der Waals surface area contributed by atoms with E-state index in [2.05, 4.69) is 17.6 Å². The van der Waals surface area contributed by atoms with Gasteiger partial charge in [-0.15, -0.1) is 0 Å². The van der Waals surface area contributed by atoms with E-state index < -0.39 is 49.0 Å². The first-order chi connectivity index (χ1) is 17.4. The Morgan fingerprint density at radius 2 is 1.63 bits per heavy atom. The Hall–Kier alpha value is -0.960. The maximum atomic E-state index is 13.0. The minimum Gasteiger partial charge on any atom is -0.353 e. The number of aromatic nitrogens is 2.